The van der Waals surface area contributed by atoms with Crippen LogP contribution in [0.3, 0.4) is 0 Å². The number of nitrogens with one attached hydrogen (secondary N) is 1. The average Bonchev–Trinajstić information content (AvgIpc) is 3.22. The van der Waals surface area contributed by atoms with Gasteiger partial charge in [0.2, 0.25) is 10.0 Å². The molecule has 0 bridgehead atoms. The molecule has 2 aromatic carbocycles. The maximum absolute atomic E-state index is 12.2. The van der Waals surface area contributed by atoms with Crippen LogP contribution in [-0.2, 0) is 23.2 Å². The first kappa shape index (κ1) is 18.4. The molecule has 3 aromatic rings. The van der Waals surface area contributed by atoms with E-state index in [2.05, 4.69) is 4.72 Å². The second-order valence-corrected chi connectivity index (χ2v) is 8.46. The smallest absolute Gasteiger partial charge is 0.250 e. The van der Waals surface area contributed by atoms with Crippen LogP contribution in [-0.4, -0.2) is 15.5 Å². The van der Waals surface area contributed by atoms with E-state index in [1.54, 1.807) is 36.8 Å². The van der Waals surface area contributed by atoms with Crippen molar-refractivity contribution in [3.8, 4) is 11.5 Å². The van der Waals surface area contributed by atoms with Crippen molar-refractivity contribution >= 4 is 21.4 Å². The van der Waals surface area contributed by atoms with E-state index >= 15 is 0 Å². The third-order valence-corrected chi connectivity index (χ3v) is 6.49. The number of ether oxygens (including phenoxy) is 2. The molecule has 0 saturated heterocycles. The summed E-state index contributed by atoms with van der Waals surface area (Å²) < 4.78 is 38.5. The van der Waals surface area contributed by atoms with Gasteiger partial charge in [-0.05, 0) is 34.7 Å². The Bertz CT molecular complexity index is 939. The lowest BCUT2D eigenvalue weighted by molar-refractivity contribution is 0.284. The molecule has 0 aliphatic carbocycles. The van der Waals surface area contributed by atoms with Crippen LogP contribution in [0.15, 0.2) is 70.3 Å². The average molecular weight is 389 g/mol. The van der Waals surface area contributed by atoms with Crippen LogP contribution >= 0.6 is 11.3 Å². The van der Waals surface area contributed by atoms with E-state index in [-0.39, 0.29) is 6.54 Å². The predicted molar refractivity (Wildman–Crippen MR) is 102 cm³/mol. The van der Waals surface area contributed by atoms with Crippen LogP contribution in [0.1, 0.15) is 11.1 Å². The predicted octanol–water partition coefficient (Wildman–Crippen LogP) is 3.81. The minimum Gasteiger partial charge on any atom is -0.493 e. The van der Waals surface area contributed by atoms with Crippen LogP contribution in [0, 0.1) is 0 Å². The summed E-state index contributed by atoms with van der Waals surface area (Å²) in [7, 11) is -1.93. The number of benzene rings is 2. The second-order valence-electron chi connectivity index (χ2n) is 5.52. The standard InChI is InChI=1S/C19H19NO4S2/c1-23-18-12-16(13-20-26(21,22)19-8-5-11-25-19)9-10-17(18)24-14-15-6-3-2-4-7-15/h2-12,20H,13-14H2,1H3. The van der Waals surface area contributed by atoms with Gasteiger partial charge in [0.15, 0.2) is 11.5 Å². The fourth-order valence-electron chi connectivity index (χ4n) is 2.34. The quantitative estimate of drug-likeness (QED) is 0.636. The molecule has 5 nitrogen and oxygen atoms in total. The van der Waals surface area contributed by atoms with Crippen LogP contribution in [0.25, 0.3) is 0 Å². The molecule has 0 saturated carbocycles. The Morgan fingerprint density at radius 3 is 2.46 bits per heavy atom. The van der Waals surface area contributed by atoms with Gasteiger partial charge in [0, 0.05) is 6.54 Å². The van der Waals surface area contributed by atoms with Crippen molar-refractivity contribution in [3.05, 3.63) is 77.2 Å². The number of sulfonamides is 1. The van der Waals surface area contributed by atoms with E-state index in [9.17, 15) is 8.42 Å². The highest BCUT2D eigenvalue weighted by Crippen LogP contribution is 2.29. The monoisotopic (exact) mass is 389 g/mol. The second kappa shape index (κ2) is 8.35. The minimum absolute atomic E-state index is 0.176. The number of rotatable bonds is 8. The lowest BCUT2D eigenvalue weighted by atomic mass is 10.2. The third-order valence-electron chi connectivity index (χ3n) is 3.69. The fourth-order valence-corrected chi connectivity index (χ4v) is 4.40. The molecule has 1 aromatic heterocycles. The van der Waals surface area contributed by atoms with E-state index in [0.29, 0.717) is 22.3 Å². The molecule has 7 heteroatoms. The summed E-state index contributed by atoms with van der Waals surface area (Å²) in [6, 6.07) is 18.5. The zero-order valence-electron chi connectivity index (χ0n) is 14.2. The van der Waals surface area contributed by atoms with Gasteiger partial charge >= 0.3 is 0 Å². The SMILES string of the molecule is COc1cc(CNS(=O)(=O)c2cccs2)ccc1OCc1ccccc1. The Labute approximate surface area is 157 Å². The highest BCUT2D eigenvalue weighted by Gasteiger charge is 2.15. The lowest BCUT2D eigenvalue weighted by Crippen LogP contribution is -2.22. The van der Waals surface area contributed by atoms with Gasteiger partial charge in [-0.25, -0.2) is 13.1 Å². The molecule has 136 valence electrons. The summed E-state index contributed by atoms with van der Waals surface area (Å²) in [6.07, 6.45) is 0. The summed E-state index contributed by atoms with van der Waals surface area (Å²) in [4.78, 5) is 0. The molecular formula is C19H19NO4S2. The van der Waals surface area contributed by atoms with Gasteiger partial charge in [-0.1, -0.05) is 42.5 Å². The van der Waals surface area contributed by atoms with Gasteiger partial charge in [-0.3, -0.25) is 0 Å². The Morgan fingerprint density at radius 2 is 1.77 bits per heavy atom. The highest BCUT2D eigenvalue weighted by atomic mass is 32.2. The van der Waals surface area contributed by atoms with Crippen molar-refractivity contribution < 1.29 is 17.9 Å². The van der Waals surface area contributed by atoms with Crippen molar-refractivity contribution in [2.45, 2.75) is 17.4 Å². The number of methoxy groups -OCH3 is 1. The third kappa shape index (κ3) is 4.63. The Kier molecular flexibility index (Phi) is 5.92. The maximum Gasteiger partial charge on any atom is 0.250 e. The number of hydrogen-bond donors (Lipinski definition) is 1. The summed E-state index contributed by atoms with van der Waals surface area (Å²) in [5, 5.41) is 1.73. The molecule has 0 aliphatic heterocycles. The summed E-state index contributed by atoms with van der Waals surface area (Å²) >= 11 is 1.18. The fraction of sp³-hybridized carbons (Fsp3) is 0.158. The van der Waals surface area contributed by atoms with E-state index in [1.165, 1.54) is 11.3 Å². The van der Waals surface area contributed by atoms with Crippen LogP contribution in [0.2, 0.25) is 0 Å². The highest BCUT2D eigenvalue weighted by molar-refractivity contribution is 7.91. The largest absolute Gasteiger partial charge is 0.493 e. The van der Waals surface area contributed by atoms with E-state index < -0.39 is 10.0 Å². The van der Waals surface area contributed by atoms with Crippen molar-refractivity contribution in [1.82, 2.24) is 4.72 Å². The molecule has 0 fully saturated rings. The molecular weight excluding hydrogens is 370 g/mol. The minimum atomic E-state index is -3.49. The van der Waals surface area contributed by atoms with Crippen LogP contribution < -0.4 is 14.2 Å². The first-order chi connectivity index (χ1) is 12.6. The van der Waals surface area contributed by atoms with Crippen molar-refractivity contribution in [2.75, 3.05) is 7.11 Å². The maximum atomic E-state index is 12.2. The van der Waals surface area contributed by atoms with Crippen molar-refractivity contribution in [1.29, 1.82) is 0 Å². The molecule has 0 spiro atoms. The Hall–Kier alpha value is -2.35. The van der Waals surface area contributed by atoms with E-state index in [1.807, 2.05) is 36.4 Å². The van der Waals surface area contributed by atoms with Crippen LogP contribution in [0.5, 0.6) is 11.5 Å². The van der Waals surface area contributed by atoms with Gasteiger partial charge in [-0.2, -0.15) is 0 Å². The van der Waals surface area contributed by atoms with Gasteiger partial charge in [0.05, 0.1) is 7.11 Å². The Morgan fingerprint density at radius 1 is 0.962 bits per heavy atom. The van der Waals surface area contributed by atoms with Crippen LogP contribution in [0.4, 0.5) is 0 Å². The van der Waals surface area contributed by atoms with Crippen molar-refractivity contribution in [3.63, 3.8) is 0 Å². The molecule has 3 rings (SSSR count). The summed E-state index contributed by atoms with van der Waals surface area (Å²) in [5.74, 6) is 1.18. The van der Waals surface area contributed by atoms with E-state index in [0.717, 1.165) is 11.1 Å². The van der Waals surface area contributed by atoms with Crippen molar-refractivity contribution in [2.24, 2.45) is 0 Å². The molecule has 0 amide bonds. The first-order valence-electron chi connectivity index (χ1n) is 7.95. The number of hydrogen-bond acceptors (Lipinski definition) is 5. The normalized spacial score (nSPS) is 11.3. The van der Waals surface area contributed by atoms with E-state index in [4.69, 9.17) is 9.47 Å². The molecule has 0 radical (unpaired) electrons. The molecule has 26 heavy (non-hydrogen) atoms. The van der Waals surface area contributed by atoms with Gasteiger partial charge in [0.1, 0.15) is 10.8 Å². The topological polar surface area (TPSA) is 64.6 Å². The first-order valence-corrected chi connectivity index (χ1v) is 10.3. The van der Waals surface area contributed by atoms with Gasteiger partial charge < -0.3 is 9.47 Å². The zero-order chi connectivity index (χ0) is 18.4. The lowest BCUT2D eigenvalue weighted by Gasteiger charge is -2.13. The molecule has 1 N–H and O–H groups in total. The van der Waals surface area contributed by atoms with Gasteiger partial charge in [-0.15, -0.1) is 11.3 Å². The summed E-state index contributed by atoms with van der Waals surface area (Å²) in [6.45, 7) is 0.608. The van der Waals surface area contributed by atoms with Gasteiger partial charge in [0.25, 0.3) is 0 Å². The number of thiophene rings is 1. The zero-order valence-corrected chi connectivity index (χ0v) is 15.8. The molecule has 0 atom stereocenters. The molecule has 0 unspecified atom stereocenters. The molecule has 1 heterocycles. The molecule has 0 aliphatic rings. The summed E-state index contributed by atoms with van der Waals surface area (Å²) in [5.41, 5.74) is 1.84. The Balaban J connectivity index is 1.66.